The maximum atomic E-state index is 12.5. The van der Waals surface area contributed by atoms with Crippen LogP contribution in [0.2, 0.25) is 0 Å². The molecule has 1 aliphatic heterocycles. The molecule has 1 aromatic carbocycles. The molecule has 1 amide bonds. The van der Waals surface area contributed by atoms with Crippen LogP contribution in [0.3, 0.4) is 0 Å². The van der Waals surface area contributed by atoms with Gasteiger partial charge < -0.3 is 4.90 Å². The van der Waals surface area contributed by atoms with Gasteiger partial charge in [-0.3, -0.25) is 9.20 Å². The van der Waals surface area contributed by atoms with E-state index in [-0.39, 0.29) is 5.91 Å². The van der Waals surface area contributed by atoms with E-state index in [1.807, 2.05) is 33.1 Å². The molecule has 0 aliphatic carbocycles. The highest BCUT2D eigenvalue weighted by atomic mass is 32.1. The smallest absolute Gasteiger partial charge is 0.228 e. The molecule has 21 heavy (non-hydrogen) atoms. The van der Waals surface area contributed by atoms with Gasteiger partial charge in [-0.05, 0) is 17.5 Å². The summed E-state index contributed by atoms with van der Waals surface area (Å²) in [6.07, 6.45) is 5.25. The number of hydrogen-bond donors (Lipinski definition) is 0. The van der Waals surface area contributed by atoms with Crippen molar-refractivity contribution in [3.63, 3.8) is 0 Å². The lowest BCUT2D eigenvalue weighted by atomic mass is 10.00. The first-order valence-electron chi connectivity index (χ1n) is 7.05. The number of aromatic nitrogens is 2. The Balaban J connectivity index is 1.49. The highest BCUT2D eigenvalue weighted by Gasteiger charge is 2.21. The zero-order valence-corrected chi connectivity index (χ0v) is 12.3. The Bertz CT molecular complexity index is 776. The molecule has 0 radical (unpaired) electrons. The number of carbonyl (C=O) groups excluding carboxylic acids is 1. The second-order valence-corrected chi connectivity index (χ2v) is 6.21. The molecule has 0 spiro atoms. The standard InChI is InChI=1S/C16H15N3OS/c20-15(9-14-11-19-7-8-21-16(19)17-14)18-6-5-12-3-1-2-4-13(12)10-18/h1-4,7-8,11H,5-6,9-10H2. The van der Waals surface area contributed by atoms with Crippen LogP contribution < -0.4 is 0 Å². The maximum Gasteiger partial charge on any atom is 0.228 e. The van der Waals surface area contributed by atoms with Gasteiger partial charge in [0.05, 0.1) is 12.1 Å². The van der Waals surface area contributed by atoms with Gasteiger partial charge in [-0.2, -0.15) is 0 Å². The van der Waals surface area contributed by atoms with Crippen LogP contribution in [0.15, 0.2) is 42.0 Å². The van der Waals surface area contributed by atoms with Crippen LogP contribution in [0.4, 0.5) is 0 Å². The first kappa shape index (κ1) is 12.6. The molecular formula is C16H15N3OS. The van der Waals surface area contributed by atoms with E-state index in [1.165, 1.54) is 11.1 Å². The van der Waals surface area contributed by atoms with Crippen molar-refractivity contribution >= 4 is 22.2 Å². The van der Waals surface area contributed by atoms with Crippen molar-refractivity contribution in [2.75, 3.05) is 6.54 Å². The van der Waals surface area contributed by atoms with E-state index in [4.69, 9.17) is 0 Å². The third-order valence-corrected chi connectivity index (χ3v) is 4.73. The van der Waals surface area contributed by atoms with E-state index in [9.17, 15) is 4.79 Å². The Hall–Kier alpha value is -2.14. The molecule has 0 atom stereocenters. The molecule has 5 heteroatoms. The zero-order valence-electron chi connectivity index (χ0n) is 11.5. The van der Waals surface area contributed by atoms with Gasteiger partial charge in [0.1, 0.15) is 0 Å². The molecule has 0 fully saturated rings. The number of thiazole rings is 1. The van der Waals surface area contributed by atoms with Crippen molar-refractivity contribution < 1.29 is 4.79 Å². The molecule has 4 rings (SSSR count). The average molecular weight is 297 g/mol. The number of hydrogen-bond acceptors (Lipinski definition) is 3. The number of benzene rings is 1. The van der Waals surface area contributed by atoms with Crippen LogP contribution in [0.5, 0.6) is 0 Å². The molecule has 106 valence electrons. The normalized spacial score (nSPS) is 14.4. The van der Waals surface area contributed by atoms with Gasteiger partial charge in [-0.1, -0.05) is 24.3 Å². The van der Waals surface area contributed by atoms with Gasteiger partial charge in [-0.25, -0.2) is 4.98 Å². The monoisotopic (exact) mass is 297 g/mol. The van der Waals surface area contributed by atoms with Crippen molar-refractivity contribution in [2.24, 2.45) is 0 Å². The molecule has 1 aliphatic rings. The number of rotatable bonds is 2. The number of amides is 1. The second kappa shape index (κ2) is 5.00. The fourth-order valence-electron chi connectivity index (χ4n) is 2.84. The Morgan fingerprint density at radius 1 is 1.29 bits per heavy atom. The van der Waals surface area contributed by atoms with Crippen molar-refractivity contribution in [1.29, 1.82) is 0 Å². The summed E-state index contributed by atoms with van der Waals surface area (Å²) in [5, 5.41) is 2.00. The molecule has 0 bridgehead atoms. The van der Waals surface area contributed by atoms with Gasteiger partial charge in [0.25, 0.3) is 0 Å². The molecule has 4 nitrogen and oxygen atoms in total. The van der Waals surface area contributed by atoms with Crippen LogP contribution in [-0.4, -0.2) is 26.7 Å². The largest absolute Gasteiger partial charge is 0.338 e. The molecule has 3 heterocycles. The molecule has 3 aromatic rings. The van der Waals surface area contributed by atoms with Crippen molar-refractivity contribution in [3.8, 4) is 0 Å². The summed E-state index contributed by atoms with van der Waals surface area (Å²) in [6.45, 7) is 1.52. The lowest BCUT2D eigenvalue weighted by Gasteiger charge is -2.28. The summed E-state index contributed by atoms with van der Waals surface area (Å²) >= 11 is 1.59. The minimum Gasteiger partial charge on any atom is -0.338 e. The van der Waals surface area contributed by atoms with Gasteiger partial charge >= 0.3 is 0 Å². The Morgan fingerprint density at radius 3 is 3.00 bits per heavy atom. The second-order valence-electron chi connectivity index (χ2n) is 5.34. The molecule has 2 aromatic heterocycles. The third-order valence-electron chi connectivity index (χ3n) is 3.96. The van der Waals surface area contributed by atoms with Crippen LogP contribution in [0.1, 0.15) is 16.8 Å². The predicted molar refractivity (Wildman–Crippen MR) is 82.3 cm³/mol. The minimum absolute atomic E-state index is 0.162. The molecule has 0 saturated carbocycles. The van der Waals surface area contributed by atoms with Crippen LogP contribution in [0, 0.1) is 0 Å². The molecule has 0 saturated heterocycles. The minimum atomic E-state index is 0.162. The van der Waals surface area contributed by atoms with E-state index < -0.39 is 0 Å². The van der Waals surface area contributed by atoms with Gasteiger partial charge in [-0.15, -0.1) is 11.3 Å². The van der Waals surface area contributed by atoms with E-state index in [0.717, 1.165) is 30.2 Å². The highest BCUT2D eigenvalue weighted by Crippen LogP contribution is 2.19. The third kappa shape index (κ3) is 2.34. The van der Waals surface area contributed by atoms with Gasteiger partial charge in [0.15, 0.2) is 4.96 Å². The van der Waals surface area contributed by atoms with Crippen LogP contribution >= 0.6 is 11.3 Å². The Kier molecular flexibility index (Phi) is 3.00. The maximum absolute atomic E-state index is 12.5. The van der Waals surface area contributed by atoms with Gasteiger partial charge in [0.2, 0.25) is 5.91 Å². The van der Waals surface area contributed by atoms with E-state index in [2.05, 4.69) is 23.2 Å². The van der Waals surface area contributed by atoms with Crippen LogP contribution in [-0.2, 0) is 24.2 Å². The fraction of sp³-hybridized carbons (Fsp3) is 0.250. The molecule has 0 unspecified atom stereocenters. The Labute approximate surface area is 126 Å². The van der Waals surface area contributed by atoms with Crippen LogP contribution in [0.25, 0.3) is 4.96 Å². The zero-order chi connectivity index (χ0) is 14.2. The lowest BCUT2D eigenvalue weighted by molar-refractivity contribution is -0.131. The van der Waals surface area contributed by atoms with Crippen molar-refractivity contribution in [3.05, 3.63) is 58.9 Å². The van der Waals surface area contributed by atoms with E-state index in [1.54, 1.807) is 11.3 Å². The number of nitrogens with zero attached hydrogens (tertiary/aromatic N) is 3. The summed E-state index contributed by atoms with van der Waals surface area (Å²) < 4.78 is 1.97. The predicted octanol–water partition coefficient (Wildman–Crippen LogP) is 2.52. The lowest BCUT2D eigenvalue weighted by Crippen LogP contribution is -2.36. The summed E-state index contributed by atoms with van der Waals surface area (Å²) in [4.78, 5) is 19.8. The summed E-state index contributed by atoms with van der Waals surface area (Å²) in [6, 6.07) is 8.37. The first-order valence-corrected chi connectivity index (χ1v) is 7.93. The molecular weight excluding hydrogens is 282 g/mol. The molecule has 0 N–H and O–H groups in total. The number of imidazole rings is 1. The Morgan fingerprint density at radius 2 is 2.14 bits per heavy atom. The quantitative estimate of drug-likeness (QED) is 0.729. The summed E-state index contributed by atoms with van der Waals surface area (Å²) in [7, 11) is 0. The average Bonchev–Trinajstić information content (AvgIpc) is 3.08. The first-order chi connectivity index (χ1) is 10.3. The van der Waals surface area contributed by atoms with Gasteiger partial charge in [0, 0.05) is 30.9 Å². The highest BCUT2D eigenvalue weighted by molar-refractivity contribution is 7.15. The topological polar surface area (TPSA) is 37.6 Å². The van der Waals surface area contributed by atoms with Crippen molar-refractivity contribution in [2.45, 2.75) is 19.4 Å². The van der Waals surface area contributed by atoms with E-state index in [0.29, 0.717) is 6.42 Å². The number of fused-ring (bicyclic) bond motifs is 2. The SMILES string of the molecule is O=C(Cc1cn2ccsc2n1)N1CCc2ccccc2C1. The number of carbonyl (C=O) groups is 1. The fourth-order valence-corrected chi connectivity index (χ4v) is 3.56. The van der Waals surface area contributed by atoms with E-state index >= 15 is 0 Å². The summed E-state index contributed by atoms with van der Waals surface area (Å²) in [5.41, 5.74) is 3.48. The van der Waals surface area contributed by atoms with Crippen molar-refractivity contribution in [1.82, 2.24) is 14.3 Å². The summed E-state index contributed by atoms with van der Waals surface area (Å²) in [5.74, 6) is 0.162.